The number of fused-ring (bicyclic) bond motifs is 2. The lowest BCUT2D eigenvalue weighted by molar-refractivity contribution is 0.0525. The van der Waals surface area contributed by atoms with E-state index < -0.39 is 0 Å². The van der Waals surface area contributed by atoms with Crippen LogP contribution in [0.1, 0.15) is 77.3 Å². The number of pyridine rings is 2. The fraction of sp³-hybridized carbons (Fsp3) is 0.216. The van der Waals surface area contributed by atoms with Crippen molar-refractivity contribution < 1.29 is 19.1 Å². The van der Waals surface area contributed by atoms with Crippen molar-refractivity contribution in [1.82, 2.24) is 18.8 Å². The van der Waals surface area contributed by atoms with Crippen LogP contribution in [0.15, 0.2) is 146 Å². The van der Waals surface area contributed by atoms with Crippen molar-refractivity contribution in [3.63, 3.8) is 0 Å². The first-order valence-electron chi connectivity index (χ1n) is 20.9. The van der Waals surface area contributed by atoms with Crippen LogP contribution in [-0.2, 0) is 20.6 Å². The summed E-state index contributed by atoms with van der Waals surface area (Å²) in [7, 11) is 1.38. The summed E-state index contributed by atoms with van der Waals surface area (Å²) >= 11 is 0. The van der Waals surface area contributed by atoms with Gasteiger partial charge >= 0.3 is 11.9 Å². The van der Waals surface area contributed by atoms with Gasteiger partial charge in [0.05, 0.1) is 47.6 Å². The Morgan fingerprint density at radius 1 is 0.574 bits per heavy atom. The quantitative estimate of drug-likeness (QED) is 0.137. The maximum atomic E-state index is 12.2. The molecule has 2 aliphatic rings. The Morgan fingerprint density at radius 2 is 0.984 bits per heavy atom. The van der Waals surface area contributed by atoms with Crippen LogP contribution in [-0.4, -0.2) is 44.4 Å². The van der Waals surface area contributed by atoms with Gasteiger partial charge in [0, 0.05) is 45.7 Å². The van der Waals surface area contributed by atoms with E-state index in [1.54, 1.807) is 31.2 Å². The van der Waals surface area contributed by atoms with E-state index in [1.165, 1.54) is 31.1 Å². The minimum Gasteiger partial charge on any atom is -0.465 e. The Bertz CT molecular complexity index is 2860. The van der Waals surface area contributed by atoms with Crippen LogP contribution in [0, 0.1) is 0 Å². The molecule has 0 amide bonds. The zero-order valence-corrected chi connectivity index (χ0v) is 34.4. The van der Waals surface area contributed by atoms with Gasteiger partial charge in [-0.2, -0.15) is 0 Å². The number of imidazole rings is 2. The monoisotopic (exact) mass is 808 g/mol. The molecule has 0 atom stereocenters. The van der Waals surface area contributed by atoms with Gasteiger partial charge in [-0.05, 0) is 80.8 Å². The molecule has 0 unspecified atom stereocenters. The number of aromatic nitrogens is 4. The molecule has 4 N–H and O–H groups in total. The van der Waals surface area contributed by atoms with Crippen LogP contribution in [0.3, 0.4) is 0 Å². The molecule has 4 aromatic carbocycles. The molecule has 61 heavy (non-hydrogen) atoms. The maximum Gasteiger partial charge on any atom is 0.338 e. The number of nitrogens with zero attached hydrogens (tertiary/aromatic N) is 4. The average Bonchev–Trinajstić information content (AvgIpc) is 3.87. The molecule has 306 valence electrons. The number of carbonyl (C=O) groups excluding carboxylic acids is 2. The molecule has 10 nitrogen and oxygen atoms in total. The number of carbonyl (C=O) groups is 2. The maximum absolute atomic E-state index is 12.2. The van der Waals surface area contributed by atoms with Gasteiger partial charge in [-0.3, -0.25) is 8.80 Å². The van der Waals surface area contributed by atoms with Crippen molar-refractivity contribution >= 4 is 23.2 Å². The average molecular weight is 809 g/mol. The molecule has 4 aromatic heterocycles. The van der Waals surface area contributed by atoms with Gasteiger partial charge < -0.3 is 20.9 Å². The molecule has 10 heteroatoms. The first kappa shape index (κ1) is 39.6. The first-order chi connectivity index (χ1) is 29.7. The van der Waals surface area contributed by atoms with Crippen LogP contribution in [0.5, 0.6) is 0 Å². The topological polar surface area (TPSA) is 139 Å². The summed E-state index contributed by atoms with van der Waals surface area (Å²) in [6.45, 7) is 2.14. The van der Waals surface area contributed by atoms with Crippen molar-refractivity contribution in [2.75, 3.05) is 13.7 Å². The first-order valence-corrected chi connectivity index (χ1v) is 20.9. The van der Waals surface area contributed by atoms with Crippen molar-refractivity contribution in [2.45, 2.75) is 56.5 Å². The Kier molecular flexibility index (Phi) is 10.6. The van der Waals surface area contributed by atoms with Crippen molar-refractivity contribution in [1.29, 1.82) is 0 Å². The Labute approximate surface area is 354 Å². The zero-order valence-electron chi connectivity index (χ0n) is 34.4. The van der Waals surface area contributed by atoms with Gasteiger partial charge in [-0.15, -0.1) is 0 Å². The minimum atomic E-state index is -0.374. The summed E-state index contributed by atoms with van der Waals surface area (Å²) in [4.78, 5) is 34.0. The molecule has 2 fully saturated rings. The highest BCUT2D eigenvalue weighted by Gasteiger charge is 2.35. The summed E-state index contributed by atoms with van der Waals surface area (Å²) in [5, 5.41) is 0. The van der Waals surface area contributed by atoms with E-state index in [0.29, 0.717) is 29.0 Å². The van der Waals surface area contributed by atoms with Crippen LogP contribution in [0.25, 0.3) is 56.3 Å². The second kappa shape index (κ2) is 16.3. The standard InChI is InChI=1S/C26H25N3O2.C25H23N3O2/c1-2-31-25(30)20-13-16-29-22(17-20)28-23(24(29)19-7-4-3-5-8-19)18-9-11-21(12-10-18)26(27)14-6-15-26;1-30-24(29)19-12-15-28-21(16-19)27-22(23(28)18-6-3-2-4-7-18)17-8-10-20(11-9-17)25(26)13-5-14-25/h3-5,7-13,16-17H,2,6,14-15,27H2,1H3;2-4,6-12,15-16H,5,13-14,26H2,1H3. The van der Waals surface area contributed by atoms with Crippen LogP contribution in [0.4, 0.5) is 0 Å². The molecule has 0 aliphatic heterocycles. The third-order valence-corrected chi connectivity index (χ3v) is 12.2. The van der Waals surface area contributed by atoms with Gasteiger partial charge in [0.15, 0.2) is 0 Å². The molecule has 8 aromatic rings. The number of hydrogen-bond acceptors (Lipinski definition) is 8. The number of rotatable bonds is 9. The largest absolute Gasteiger partial charge is 0.465 e. The van der Waals surface area contributed by atoms with Crippen LogP contribution in [0.2, 0.25) is 0 Å². The number of methoxy groups -OCH3 is 1. The fourth-order valence-electron chi connectivity index (χ4n) is 8.43. The lowest BCUT2D eigenvalue weighted by Crippen LogP contribution is -2.43. The van der Waals surface area contributed by atoms with E-state index in [-0.39, 0.29) is 23.0 Å². The van der Waals surface area contributed by atoms with Gasteiger partial charge in [-0.1, -0.05) is 109 Å². The summed E-state index contributed by atoms with van der Waals surface area (Å²) in [5.74, 6) is -0.713. The second-order valence-corrected chi connectivity index (χ2v) is 16.0. The van der Waals surface area contributed by atoms with Crippen molar-refractivity contribution in [3.8, 4) is 45.0 Å². The summed E-state index contributed by atoms with van der Waals surface area (Å²) in [6.07, 6.45) is 10.3. The summed E-state index contributed by atoms with van der Waals surface area (Å²) in [5.41, 5.74) is 25.2. The van der Waals surface area contributed by atoms with Gasteiger partial charge in [-0.25, -0.2) is 19.6 Å². The number of hydrogen-bond donors (Lipinski definition) is 2. The number of benzene rings is 4. The highest BCUT2D eigenvalue weighted by molar-refractivity contribution is 5.92. The molecule has 2 aliphatic carbocycles. The molecule has 10 rings (SSSR count). The van der Waals surface area contributed by atoms with E-state index >= 15 is 0 Å². The zero-order chi connectivity index (χ0) is 42.1. The van der Waals surface area contributed by atoms with E-state index in [1.807, 2.05) is 57.6 Å². The Morgan fingerprint density at radius 3 is 1.34 bits per heavy atom. The predicted octanol–water partition coefficient (Wildman–Crippen LogP) is 9.98. The summed E-state index contributed by atoms with van der Waals surface area (Å²) in [6, 6.07) is 44.3. The fourth-order valence-corrected chi connectivity index (χ4v) is 8.43. The normalized spacial score (nSPS) is 15.0. The number of esters is 2. The van der Waals surface area contributed by atoms with Gasteiger partial charge in [0.25, 0.3) is 0 Å². The lowest BCUT2D eigenvalue weighted by atomic mass is 9.72. The van der Waals surface area contributed by atoms with E-state index in [9.17, 15) is 9.59 Å². The third kappa shape index (κ3) is 7.49. The molecule has 0 radical (unpaired) electrons. The summed E-state index contributed by atoms with van der Waals surface area (Å²) < 4.78 is 14.1. The molecular formula is C51H48N6O4. The predicted molar refractivity (Wildman–Crippen MR) is 239 cm³/mol. The SMILES string of the molecule is CCOC(=O)c1ccn2c(-c3ccccc3)c(-c3ccc(C4(N)CCC4)cc3)nc2c1.COC(=O)c1ccn2c(-c3ccccc3)c(-c3ccc(C4(N)CCC4)cc3)nc2c1. The molecular weight excluding hydrogens is 761 g/mol. The van der Waals surface area contributed by atoms with Crippen LogP contribution < -0.4 is 11.5 Å². The second-order valence-electron chi connectivity index (χ2n) is 16.0. The highest BCUT2D eigenvalue weighted by Crippen LogP contribution is 2.42. The Hall–Kier alpha value is -6.88. The third-order valence-electron chi connectivity index (χ3n) is 12.2. The van der Waals surface area contributed by atoms with E-state index in [0.717, 1.165) is 70.7 Å². The van der Waals surface area contributed by atoms with E-state index in [4.69, 9.17) is 30.9 Å². The lowest BCUT2D eigenvalue weighted by Gasteiger charge is -2.38. The smallest absolute Gasteiger partial charge is 0.338 e. The van der Waals surface area contributed by atoms with Crippen LogP contribution >= 0.6 is 0 Å². The van der Waals surface area contributed by atoms with Gasteiger partial charge in [0.1, 0.15) is 11.3 Å². The van der Waals surface area contributed by atoms with E-state index in [2.05, 4.69) is 72.8 Å². The molecule has 0 saturated heterocycles. The highest BCUT2D eigenvalue weighted by atomic mass is 16.5. The Balaban J connectivity index is 0.000000156. The van der Waals surface area contributed by atoms with Crippen molar-refractivity contribution in [3.05, 3.63) is 168 Å². The van der Waals surface area contributed by atoms with Crippen molar-refractivity contribution in [2.24, 2.45) is 11.5 Å². The number of nitrogens with two attached hydrogens (primary N) is 2. The van der Waals surface area contributed by atoms with Gasteiger partial charge in [0.2, 0.25) is 0 Å². The minimum absolute atomic E-state index is 0.185. The molecule has 2 saturated carbocycles. The molecule has 0 bridgehead atoms. The molecule has 0 spiro atoms. The number of ether oxygens (including phenoxy) is 2. The molecule has 4 heterocycles.